The van der Waals surface area contributed by atoms with Crippen LogP contribution in [0.15, 0.2) is 65.0 Å². The van der Waals surface area contributed by atoms with Gasteiger partial charge in [0, 0.05) is 17.7 Å². The standard InChI is InChI=1S/C22H23N3O4S2/c1-28-16-7-5-14(6-8-16)12-29-22(27)19-15(9-11-30-17-4-2-3-10-24-17)13-31-21-18(23)20(26)25(19)21/h2-8,10,18,21H,9,11-13,23H2,1H3/t18-,21-/m1/s1. The summed E-state index contributed by atoms with van der Waals surface area (Å²) in [5.74, 6) is 1.42. The molecule has 1 amide bonds. The van der Waals surface area contributed by atoms with Gasteiger partial charge in [-0.05, 0) is 41.8 Å². The van der Waals surface area contributed by atoms with Crippen LogP contribution in [0.3, 0.4) is 0 Å². The van der Waals surface area contributed by atoms with E-state index in [9.17, 15) is 9.59 Å². The number of hydrogen-bond acceptors (Lipinski definition) is 8. The van der Waals surface area contributed by atoms with E-state index in [4.69, 9.17) is 15.2 Å². The number of fused-ring (bicyclic) bond motifs is 1. The molecule has 2 N–H and O–H groups in total. The van der Waals surface area contributed by atoms with Gasteiger partial charge in [-0.25, -0.2) is 9.78 Å². The summed E-state index contributed by atoms with van der Waals surface area (Å²) in [6.45, 7) is 0.119. The van der Waals surface area contributed by atoms with Crippen LogP contribution in [0.1, 0.15) is 12.0 Å². The molecule has 3 heterocycles. The first-order chi connectivity index (χ1) is 15.1. The van der Waals surface area contributed by atoms with Gasteiger partial charge in [0.1, 0.15) is 29.5 Å². The number of methoxy groups -OCH3 is 1. The number of esters is 1. The van der Waals surface area contributed by atoms with Crippen LogP contribution in [0.2, 0.25) is 0 Å². The lowest BCUT2D eigenvalue weighted by atomic mass is 10.0. The van der Waals surface area contributed by atoms with Crippen molar-refractivity contribution in [2.75, 3.05) is 18.6 Å². The molecule has 1 aromatic carbocycles. The molecule has 2 aromatic rings. The Bertz CT molecular complexity index is 982. The number of carbonyl (C=O) groups excluding carboxylic acids is 2. The van der Waals surface area contributed by atoms with Crippen molar-refractivity contribution < 1.29 is 19.1 Å². The summed E-state index contributed by atoms with van der Waals surface area (Å²) in [4.78, 5) is 31.2. The Labute approximate surface area is 189 Å². The zero-order valence-electron chi connectivity index (χ0n) is 17.0. The van der Waals surface area contributed by atoms with Crippen molar-refractivity contribution in [2.45, 2.75) is 29.5 Å². The van der Waals surface area contributed by atoms with E-state index in [0.29, 0.717) is 17.9 Å². The van der Waals surface area contributed by atoms with Crippen molar-refractivity contribution in [3.63, 3.8) is 0 Å². The molecule has 0 aliphatic carbocycles. The van der Waals surface area contributed by atoms with E-state index < -0.39 is 12.0 Å². The zero-order valence-corrected chi connectivity index (χ0v) is 18.7. The third-order valence-corrected chi connectivity index (χ3v) is 7.41. The number of carbonyl (C=O) groups is 2. The molecule has 0 saturated carbocycles. The predicted molar refractivity (Wildman–Crippen MR) is 120 cm³/mol. The molecule has 0 radical (unpaired) electrons. The van der Waals surface area contributed by atoms with Crippen LogP contribution < -0.4 is 10.5 Å². The van der Waals surface area contributed by atoms with Crippen molar-refractivity contribution in [3.05, 3.63) is 65.5 Å². The topological polar surface area (TPSA) is 94.7 Å². The van der Waals surface area contributed by atoms with Gasteiger partial charge in [0.15, 0.2) is 0 Å². The van der Waals surface area contributed by atoms with Gasteiger partial charge in [-0.2, -0.15) is 0 Å². The number of rotatable bonds is 8. The third-order valence-electron chi connectivity index (χ3n) is 5.10. The maximum Gasteiger partial charge on any atom is 0.355 e. The van der Waals surface area contributed by atoms with E-state index in [1.165, 1.54) is 4.90 Å². The first-order valence-corrected chi connectivity index (χ1v) is 11.9. The summed E-state index contributed by atoms with van der Waals surface area (Å²) in [5.41, 5.74) is 8.04. The highest BCUT2D eigenvalue weighted by Crippen LogP contribution is 2.41. The Morgan fingerprint density at radius 1 is 1.29 bits per heavy atom. The molecule has 0 spiro atoms. The van der Waals surface area contributed by atoms with Crippen molar-refractivity contribution >= 4 is 35.4 Å². The number of hydrogen-bond donors (Lipinski definition) is 1. The second-order valence-corrected chi connectivity index (χ2v) is 9.30. The number of ether oxygens (including phenoxy) is 2. The molecule has 0 unspecified atom stereocenters. The molecule has 0 bridgehead atoms. The summed E-state index contributed by atoms with van der Waals surface area (Å²) in [6, 6.07) is 12.5. The molecule has 4 rings (SSSR count). The number of benzene rings is 1. The highest BCUT2D eigenvalue weighted by molar-refractivity contribution is 8.00. The Morgan fingerprint density at radius 2 is 2.10 bits per heavy atom. The number of nitrogens with two attached hydrogens (primary N) is 1. The first-order valence-electron chi connectivity index (χ1n) is 9.84. The minimum atomic E-state index is -0.571. The van der Waals surface area contributed by atoms with E-state index in [1.54, 1.807) is 36.8 Å². The lowest BCUT2D eigenvalue weighted by Gasteiger charge is -2.48. The van der Waals surface area contributed by atoms with Crippen LogP contribution >= 0.6 is 23.5 Å². The largest absolute Gasteiger partial charge is 0.497 e. The van der Waals surface area contributed by atoms with E-state index >= 15 is 0 Å². The fraction of sp³-hybridized carbons (Fsp3) is 0.318. The summed E-state index contributed by atoms with van der Waals surface area (Å²) >= 11 is 3.21. The smallest absolute Gasteiger partial charge is 0.355 e. The molecule has 2 atom stereocenters. The fourth-order valence-electron chi connectivity index (χ4n) is 3.41. The van der Waals surface area contributed by atoms with E-state index in [2.05, 4.69) is 4.98 Å². The van der Waals surface area contributed by atoms with E-state index in [-0.39, 0.29) is 17.9 Å². The lowest BCUT2D eigenvalue weighted by molar-refractivity contribution is -0.151. The first kappa shape index (κ1) is 21.7. The number of pyridine rings is 1. The lowest BCUT2D eigenvalue weighted by Crippen LogP contribution is -2.68. The van der Waals surface area contributed by atoms with Gasteiger partial charge in [0.2, 0.25) is 5.91 Å². The normalized spacial score (nSPS) is 20.2. The molecule has 31 heavy (non-hydrogen) atoms. The van der Waals surface area contributed by atoms with E-state index in [1.807, 2.05) is 42.5 Å². The second kappa shape index (κ2) is 9.76. The molecule has 2 aliphatic heterocycles. The maximum absolute atomic E-state index is 13.0. The van der Waals surface area contributed by atoms with Crippen LogP contribution in [0.4, 0.5) is 0 Å². The predicted octanol–water partition coefficient (Wildman–Crippen LogP) is 2.81. The number of nitrogens with zero attached hydrogens (tertiary/aromatic N) is 2. The zero-order chi connectivity index (χ0) is 21.8. The van der Waals surface area contributed by atoms with Crippen LogP contribution in [0.5, 0.6) is 5.75 Å². The minimum Gasteiger partial charge on any atom is -0.497 e. The van der Waals surface area contributed by atoms with Gasteiger partial charge in [0.05, 0.1) is 12.1 Å². The molecule has 1 aromatic heterocycles. The summed E-state index contributed by atoms with van der Waals surface area (Å²) in [7, 11) is 1.60. The van der Waals surface area contributed by atoms with Gasteiger partial charge in [-0.15, -0.1) is 23.5 Å². The minimum absolute atomic E-state index is 0.119. The second-order valence-electron chi connectivity index (χ2n) is 7.08. The molecule has 7 nitrogen and oxygen atoms in total. The van der Waals surface area contributed by atoms with Crippen LogP contribution in [0, 0.1) is 0 Å². The fourth-order valence-corrected chi connectivity index (χ4v) is 5.61. The number of amides is 1. The van der Waals surface area contributed by atoms with Gasteiger partial charge in [-0.3, -0.25) is 9.69 Å². The average Bonchev–Trinajstić information content (AvgIpc) is 2.82. The Hall–Kier alpha value is -2.49. The molecular formula is C22H23N3O4S2. The van der Waals surface area contributed by atoms with Gasteiger partial charge >= 0.3 is 5.97 Å². The molecule has 162 valence electrons. The summed E-state index contributed by atoms with van der Waals surface area (Å²) in [6.07, 6.45) is 2.41. The Morgan fingerprint density at radius 3 is 2.81 bits per heavy atom. The van der Waals surface area contributed by atoms with Crippen molar-refractivity contribution in [3.8, 4) is 5.75 Å². The van der Waals surface area contributed by atoms with Crippen LogP contribution in [-0.2, 0) is 20.9 Å². The highest BCUT2D eigenvalue weighted by atomic mass is 32.2. The van der Waals surface area contributed by atoms with Crippen LogP contribution in [0.25, 0.3) is 0 Å². The molecule has 9 heteroatoms. The Kier molecular flexibility index (Phi) is 6.84. The summed E-state index contributed by atoms with van der Waals surface area (Å²) in [5, 5.41) is 0.721. The molecule has 1 fully saturated rings. The average molecular weight is 458 g/mol. The van der Waals surface area contributed by atoms with Gasteiger partial charge in [-0.1, -0.05) is 18.2 Å². The van der Waals surface area contributed by atoms with E-state index in [0.717, 1.165) is 27.7 Å². The summed E-state index contributed by atoms with van der Waals surface area (Å²) < 4.78 is 10.7. The Balaban J connectivity index is 1.46. The van der Waals surface area contributed by atoms with Crippen molar-refractivity contribution in [2.24, 2.45) is 5.73 Å². The number of thioether (sulfide) groups is 2. The van der Waals surface area contributed by atoms with Crippen LogP contribution in [-0.4, -0.2) is 51.8 Å². The monoisotopic (exact) mass is 457 g/mol. The molecule has 1 saturated heterocycles. The quantitative estimate of drug-likeness (QED) is 0.367. The SMILES string of the molecule is COc1ccc(COC(=O)C2=C(CCSc3ccccn3)CS[C@@H]3[C@H](N)C(=O)N23)cc1. The van der Waals surface area contributed by atoms with Gasteiger partial charge < -0.3 is 15.2 Å². The molecular weight excluding hydrogens is 434 g/mol. The molecule has 2 aliphatic rings. The maximum atomic E-state index is 13.0. The van der Waals surface area contributed by atoms with Gasteiger partial charge in [0.25, 0.3) is 0 Å². The highest BCUT2D eigenvalue weighted by Gasteiger charge is 2.51. The third kappa shape index (κ3) is 4.73. The number of aromatic nitrogens is 1. The van der Waals surface area contributed by atoms with Crippen molar-refractivity contribution in [1.82, 2.24) is 9.88 Å². The number of β-lactam (4-membered cyclic amide) rings is 1. The van der Waals surface area contributed by atoms with Crippen molar-refractivity contribution in [1.29, 1.82) is 0 Å².